The molecule has 6 heteroatoms. The molecule has 1 aliphatic rings. The van der Waals surface area contributed by atoms with Gasteiger partial charge in [-0.3, -0.25) is 14.5 Å². The minimum atomic E-state index is 0.104. The number of hydrogen-bond acceptors (Lipinski definition) is 4. The number of pyridine rings is 1. The average molecular weight is 327 g/mol. The molecule has 0 N–H and O–H groups in total. The zero-order chi connectivity index (χ0) is 16.9. The summed E-state index contributed by atoms with van der Waals surface area (Å²) in [6, 6.07) is 4.06. The van der Waals surface area contributed by atoms with Crippen LogP contribution in [0.5, 0.6) is 0 Å². The third-order valence-electron chi connectivity index (χ3n) is 4.52. The van der Waals surface area contributed by atoms with Gasteiger partial charge in [0, 0.05) is 51.3 Å². The van der Waals surface area contributed by atoms with Crippen molar-refractivity contribution in [2.75, 3.05) is 26.7 Å². The van der Waals surface area contributed by atoms with E-state index >= 15 is 0 Å². The van der Waals surface area contributed by atoms with Gasteiger partial charge in [0.15, 0.2) is 0 Å². The molecule has 0 aliphatic carbocycles. The van der Waals surface area contributed by atoms with Crippen LogP contribution in [-0.2, 0) is 13.1 Å². The predicted molar refractivity (Wildman–Crippen MR) is 92.5 cm³/mol. The third-order valence-corrected chi connectivity index (χ3v) is 4.52. The summed E-state index contributed by atoms with van der Waals surface area (Å²) in [7, 11) is 2.13. The first-order valence-electron chi connectivity index (χ1n) is 8.55. The fourth-order valence-corrected chi connectivity index (χ4v) is 3.30. The molecule has 3 rings (SSSR count). The summed E-state index contributed by atoms with van der Waals surface area (Å²) in [4.78, 5) is 21.0. The summed E-state index contributed by atoms with van der Waals surface area (Å²) in [5, 5.41) is 4.20. The van der Waals surface area contributed by atoms with E-state index in [0.29, 0.717) is 11.5 Å². The van der Waals surface area contributed by atoms with Crippen molar-refractivity contribution < 1.29 is 4.79 Å². The second-order valence-electron chi connectivity index (χ2n) is 6.55. The Balaban J connectivity index is 1.50. The molecular weight excluding hydrogens is 302 g/mol. The number of aryl methyl sites for hydroxylation is 1. The van der Waals surface area contributed by atoms with E-state index in [9.17, 15) is 4.79 Å². The van der Waals surface area contributed by atoms with Gasteiger partial charge >= 0.3 is 0 Å². The normalized spacial score (nSPS) is 17.6. The topological polar surface area (TPSA) is 54.3 Å². The summed E-state index contributed by atoms with van der Waals surface area (Å²) < 4.78 is 1.79. The maximum atomic E-state index is 12.5. The standard InChI is InChI=1S/C18H25N5O/c1-3-23-14-17(10-20-23)18(24)22-8-6-16(13-22)12-21(2)11-15-5-4-7-19-9-15/h4-5,7,9-10,14,16H,3,6,8,11-13H2,1-2H3/t16-/m0/s1. The molecule has 0 spiro atoms. The van der Waals surface area contributed by atoms with E-state index in [4.69, 9.17) is 0 Å². The highest BCUT2D eigenvalue weighted by Gasteiger charge is 2.28. The number of likely N-dealkylation sites (tertiary alicyclic amines) is 1. The van der Waals surface area contributed by atoms with E-state index in [-0.39, 0.29) is 5.91 Å². The van der Waals surface area contributed by atoms with Crippen molar-refractivity contribution in [1.82, 2.24) is 24.6 Å². The second-order valence-corrected chi connectivity index (χ2v) is 6.55. The van der Waals surface area contributed by atoms with Gasteiger partial charge in [-0.05, 0) is 37.9 Å². The van der Waals surface area contributed by atoms with Crippen molar-refractivity contribution in [2.24, 2.45) is 5.92 Å². The van der Waals surface area contributed by atoms with Crippen LogP contribution in [0.3, 0.4) is 0 Å². The molecule has 0 aromatic carbocycles. The fraction of sp³-hybridized carbons (Fsp3) is 0.500. The van der Waals surface area contributed by atoms with Crippen LogP contribution < -0.4 is 0 Å². The first kappa shape index (κ1) is 16.6. The molecule has 0 saturated carbocycles. The van der Waals surface area contributed by atoms with E-state index in [2.05, 4.69) is 28.1 Å². The maximum absolute atomic E-state index is 12.5. The monoisotopic (exact) mass is 327 g/mol. The van der Waals surface area contributed by atoms with Crippen molar-refractivity contribution in [2.45, 2.75) is 26.4 Å². The van der Waals surface area contributed by atoms with E-state index in [1.54, 1.807) is 17.1 Å². The highest BCUT2D eigenvalue weighted by molar-refractivity contribution is 5.93. The van der Waals surface area contributed by atoms with E-state index in [1.807, 2.05) is 30.3 Å². The van der Waals surface area contributed by atoms with Crippen LogP contribution in [0.25, 0.3) is 0 Å². The molecule has 24 heavy (non-hydrogen) atoms. The number of carbonyl (C=O) groups is 1. The smallest absolute Gasteiger partial charge is 0.257 e. The lowest BCUT2D eigenvalue weighted by atomic mass is 10.1. The quantitative estimate of drug-likeness (QED) is 0.813. The van der Waals surface area contributed by atoms with Crippen molar-refractivity contribution in [1.29, 1.82) is 0 Å². The minimum Gasteiger partial charge on any atom is -0.338 e. The van der Waals surface area contributed by atoms with Crippen molar-refractivity contribution in [3.8, 4) is 0 Å². The summed E-state index contributed by atoms with van der Waals surface area (Å²) in [6.45, 7) is 6.35. The number of nitrogens with zero attached hydrogens (tertiary/aromatic N) is 5. The lowest BCUT2D eigenvalue weighted by Gasteiger charge is -2.21. The fourth-order valence-electron chi connectivity index (χ4n) is 3.30. The summed E-state index contributed by atoms with van der Waals surface area (Å²) in [5.41, 5.74) is 1.92. The van der Waals surface area contributed by atoms with Gasteiger partial charge in [0.25, 0.3) is 5.91 Å². The lowest BCUT2D eigenvalue weighted by Crippen LogP contribution is -2.31. The molecule has 0 unspecified atom stereocenters. The number of amides is 1. The van der Waals surface area contributed by atoms with Gasteiger partial charge < -0.3 is 9.80 Å². The van der Waals surface area contributed by atoms with Gasteiger partial charge in [-0.25, -0.2) is 0 Å². The molecule has 3 heterocycles. The van der Waals surface area contributed by atoms with E-state index < -0.39 is 0 Å². The van der Waals surface area contributed by atoms with Crippen LogP contribution in [-0.4, -0.2) is 57.2 Å². The summed E-state index contributed by atoms with van der Waals surface area (Å²) in [6.07, 6.45) is 8.28. The molecule has 128 valence electrons. The van der Waals surface area contributed by atoms with Crippen LogP contribution in [0, 0.1) is 5.92 Å². The molecule has 6 nitrogen and oxygen atoms in total. The highest BCUT2D eigenvalue weighted by Crippen LogP contribution is 2.20. The Labute approximate surface area is 143 Å². The number of carbonyl (C=O) groups excluding carboxylic acids is 1. The maximum Gasteiger partial charge on any atom is 0.257 e. The van der Waals surface area contributed by atoms with Crippen LogP contribution in [0.15, 0.2) is 36.9 Å². The van der Waals surface area contributed by atoms with Crippen LogP contribution >= 0.6 is 0 Å². The largest absolute Gasteiger partial charge is 0.338 e. The van der Waals surface area contributed by atoms with Crippen LogP contribution in [0.4, 0.5) is 0 Å². The Bertz CT molecular complexity index is 669. The molecule has 2 aromatic rings. The molecule has 1 atom stereocenters. The Kier molecular flexibility index (Phi) is 5.25. The number of rotatable bonds is 6. The predicted octanol–water partition coefficient (Wildman–Crippen LogP) is 1.89. The Morgan fingerprint density at radius 3 is 3.00 bits per heavy atom. The minimum absolute atomic E-state index is 0.104. The Morgan fingerprint density at radius 2 is 2.29 bits per heavy atom. The zero-order valence-electron chi connectivity index (χ0n) is 14.4. The third kappa shape index (κ3) is 4.00. The van der Waals surface area contributed by atoms with E-state index in [1.165, 1.54) is 5.56 Å². The summed E-state index contributed by atoms with van der Waals surface area (Å²) in [5.74, 6) is 0.629. The Hall–Kier alpha value is -2.21. The van der Waals surface area contributed by atoms with Gasteiger partial charge in [-0.2, -0.15) is 5.10 Å². The van der Waals surface area contributed by atoms with Crippen molar-refractivity contribution >= 4 is 5.91 Å². The molecular formula is C18H25N5O. The van der Waals surface area contributed by atoms with Gasteiger partial charge in [-0.1, -0.05) is 6.07 Å². The van der Waals surface area contributed by atoms with Gasteiger partial charge in [0.1, 0.15) is 0 Å². The zero-order valence-corrected chi connectivity index (χ0v) is 14.4. The number of hydrogen-bond donors (Lipinski definition) is 0. The first-order chi connectivity index (χ1) is 11.7. The van der Waals surface area contributed by atoms with Gasteiger partial charge in [-0.15, -0.1) is 0 Å². The first-order valence-corrected chi connectivity index (χ1v) is 8.55. The lowest BCUT2D eigenvalue weighted by molar-refractivity contribution is 0.0784. The number of aromatic nitrogens is 3. The molecule has 1 aliphatic heterocycles. The van der Waals surface area contributed by atoms with Crippen LogP contribution in [0.2, 0.25) is 0 Å². The van der Waals surface area contributed by atoms with Crippen molar-refractivity contribution in [3.63, 3.8) is 0 Å². The highest BCUT2D eigenvalue weighted by atomic mass is 16.2. The van der Waals surface area contributed by atoms with Crippen LogP contribution in [0.1, 0.15) is 29.3 Å². The van der Waals surface area contributed by atoms with E-state index in [0.717, 1.165) is 39.1 Å². The SMILES string of the molecule is CCn1cc(C(=O)N2CC[C@@H](CN(C)Cc3cccnc3)C2)cn1. The molecule has 1 amide bonds. The molecule has 0 radical (unpaired) electrons. The molecule has 1 fully saturated rings. The molecule has 1 saturated heterocycles. The molecule has 2 aromatic heterocycles. The molecule has 0 bridgehead atoms. The average Bonchev–Trinajstić information content (AvgIpc) is 3.24. The second kappa shape index (κ2) is 7.57. The van der Waals surface area contributed by atoms with Gasteiger partial charge in [0.2, 0.25) is 0 Å². The van der Waals surface area contributed by atoms with Gasteiger partial charge in [0.05, 0.1) is 11.8 Å². The summed E-state index contributed by atoms with van der Waals surface area (Å²) >= 11 is 0. The van der Waals surface area contributed by atoms with Crippen molar-refractivity contribution in [3.05, 3.63) is 48.0 Å². The Morgan fingerprint density at radius 1 is 1.42 bits per heavy atom.